The lowest BCUT2D eigenvalue weighted by atomic mass is 10.00. The van der Waals surface area contributed by atoms with Crippen molar-refractivity contribution in [1.29, 1.82) is 0 Å². The second kappa shape index (κ2) is 5.11. The molecular formula is C12H18FN. The van der Waals surface area contributed by atoms with E-state index < -0.39 is 6.17 Å². The molecule has 0 heterocycles. The second-order valence-electron chi connectivity index (χ2n) is 3.93. The van der Waals surface area contributed by atoms with Gasteiger partial charge in [-0.15, -0.1) is 0 Å². The molecule has 1 aromatic carbocycles. The highest BCUT2D eigenvalue weighted by Gasteiger charge is 2.05. The Labute approximate surface area is 85.1 Å². The molecule has 78 valence electrons. The molecule has 1 aromatic rings. The molecule has 0 aliphatic carbocycles. The summed E-state index contributed by atoms with van der Waals surface area (Å²) in [5.41, 5.74) is 7.53. The molecule has 1 unspecified atom stereocenters. The number of hydrogen-bond donors (Lipinski definition) is 1. The Morgan fingerprint density at radius 3 is 2.21 bits per heavy atom. The Bertz CT molecular complexity index is 266. The first-order chi connectivity index (χ1) is 6.63. The number of halogens is 1. The quantitative estimate of drug-likeness (QED) is 0.785. The summed E-state index contributed by atoms with van der Waals surface area (Å²) in [6, 6.07) is 8.08. The van der Waals surface area contributed by atoms with Gasteiger partial charge >= 0.3 is 0 Å². The van der Waals surface area contributed by atoms with Gasteiger partial charge in [0.1, 0.15) is 6.17 Å². The molecule has 0 amide bonds. The van der Waals surface area contributed by atoms with Crippen molar-refractivity contribution in [2.24, 2.45) is 5.73 Å². The van der Waals surface area contributed by atoms with Crippen LogP contribution in [0.25, 0.3) is 0 Å². The molecule has 0 aliphatic heterocycles. The molecule has 1 nitrogen and oxygen atoms in total. The standard InChI is InChI=1S/C12H18FN/c1-9(2)11-5-3-10(4-6-11)7-12(13)8-14/h3-6,9,12H,7-8,14H2,1-2H3. The van der Waals surface area contributed by atoms with Crippen molar-refractivity contribution in [3.63, 3.8) is 0 Å². The van der Waals surface area contributed by atoms with Crippen molar-refractivity contribution in [3.8, 4) is 0 Å². The van der Waals surface area contributed by atoms with E-state index in [4.69, 9.17) is 5.73 Å². The molecule has 14 heavy (non-hydrogen) atoms. The van der Waals surface area contributed by atoms with Crippen LogP contribution in [0, 0.1) is 0 Å². The third kappa shape index (κ3) is 3.11. The summed E-state index contributed by atoms with van der Waals surface area (Å²) < 4.78 is 13.0. The van der Waals surface area contributed by atoms with Crippen LogP contribution in [0.5, 0.6) is 0 Å². The summed E-state index contributed by atoms with van der Waals surface area (Å²) in [5, 5.41) is 0. The Hall–Kier alpha value is -0.890. The maximum absolute atomic E-state index is 13.0. The SMILES string of the molecule is CC(C)c1ccc(CC(F)CN)cc1. The summed E-state index contributed by atoms with van der Waals surface area (Å²) in [5.74, 6) is 0.528. The first-order valence-electron chi connectivity index (χ1n) is 5.06. The van der Waals surface area contributed by atoms with Gasteiger partial charge in [-0.3, -0.25) is 0 Å². The van der Waals surface area contributed by atoms with Crippen LogP contribution >= 0.6 is 0 Å². The highest BCUT2D eigenvalue weighted by Crippen LogP contribution is 2.15. The molecule has 2 N–H and O–H groups in total. The molecule has 2 heteroatoms. The Morgan fingerprint density at radius 1 is 1.21 bits per heavy atom. The first kappa shape index (κ1) is 11.2. The number of alkyl halides is 1. The van der Waals surface area contributed by atoms with Gasteiger partial charge in [0.15, 0.2) is 0 Å². The molecule has 0 saturated carbocycles. The summed E-state index contributed by atoms with van der Waals surface area (Å²) in [6.45, 7) is 4.39. The van der Waals surface area contributed by atoms with Gasteiger partial charge in [-0.05, 0) is 17.0 Å². The molecular weight excluding hydrogens is 177 g/mol. The zero-order valence-electron chi connectivity index (χ0n) is 8.83. The predicted molar refractivity (Wildman–Crippen MR) is 58.2 cm³/mol. The Balaban J connectivity index is 2.64. The van der Waals surface area contributed by atoms with Crippen LogP contribution in [-0.4, -0.2) is 12.7 Å². The van der Waals surface area contributed by atoms with Crippen molar-refractivity contribution in [2.45, 2.75) is 32.4 Å². The third-order valence-electron chi connectivity index (χ3n) is 2.36. The summed E-state index contributed by atoms with van der Waals surface area (Å²) >= 11 is 0. The van der Waals surface area contributed by atoms with Gasteiger partial charge in [0.2, 0.25) is 0 Å². The van der Waals surface area contributed by atoms with E-state index >= 15 is 0 Å². The number of hydrogen-bond acceptors (Lipinski definition) is 1. The highest BCUT2D eigenvalue weighted by atomic mass is 19.1. The lowest BCUT2D eigenvalue weighted by molar-refractivity contribution is 0.340. The largest absolute Gasteiger partial charge is 0.328 e. The van der Waals surface area contributed by atoms with Crippen LogP contribution in [0.1, 0.15) is 30.9 Å². The smallest absolute Gasteiger partial charge is 0.116 e. The van der Waals surface area contributed by atoms with Crippen LogP contribution < -0.4 is 5.73 Å². The van der Waals surface area contributed by atoms with E-state index in [1.54, 1.807) is 0 Å². The normalized spacial score (nSPS) is 13.2. The molecule has 0 saturated heterocycles. The summed E-state index contributed by atoms with van der Waals surface area (Å²) in [7, 11) is 0. The minimum absolute atomic E-state index is 0.103. The minimum Gasteiger partial charge on any atom is -0.328 e. The molecule has 0 aliphatic rings. The van der Waals surface area contributed by atoms with Crippen molar-refractivity contribution in [1.82, 2.24) is 0 Å². The number of benzene rings is 1. The van der Waals surface area contributed by atoms with Crippen LogP contribution in [0.15, 0.2) is 24.3 Å². The van der Waals surface area contributed by atoms with Crippen molar-refractivity contribution >= 4 is 0 Å². The maximum Gasteiger partial charge on any atom is 0.116 e. The van der Waals surface area contributed by atoms with E-state index in [2.05, 4.69) is 26.0 Å². The van der Waals surface area contributed by atoms with Gasteiger partial charge in [-0.25, -0.2) is 4.39 Å². The van der Waals surface area contributed by atoms with E-state index in [9.17, 15) is 4.39 Å². The van der Waals surface area contributed by atoms with Gasteiger partial charge in [0.25, 0.3) is 0 Å². The molecule has 0 aromatic heterocycles. The zero-order valence-corrected chi connectivity index (χ0v) is 8.83. The van der Waals surface area contributed by atoms with E-state index in [-0.39, 0.29) is 6.54 Å². The molecule has 0 spiro atoms. The van der Waals surface area contributed by atoms with Crippen LogP contribution in [0.2, 0.25) is 0 Å². The molecule has 1 rings (SSSR count). The zero-order chi connectivity index (χ0) is 10.6. The van der Waals surface area contributed by atoms with Gasteiger partial charge < -0.3 is 5.73 Å². The van der Waals surface area contributed by atoms with Gasteiger partial charge in [0, 0.05) is 13.0 Å². The third-order valence-corrected chi connectivity index (χ3v) is 2.36. The number of rotatable bonds is 4. The van der Waals surface area contributed by atoms with E-state index in [0.29, 0.717) is 12.3 Å². The van der Waals surface area contributed by atoms with E-state index in [1.165, 1.54) is 5.56 Å². The van der Waals surface area contributed by atoms with E-state index in [0.717, 1.165) is 5.56 Å². The summed E-state index contributed by atoms with van der Waals surface area (Å²) in [4.78, 5) is 0. The monoisotopic (exact) mass is 195 g/mol. The van der Waals surface area contributed by atoms with Gasteiger partial charge in [-0.1, -0.05) is 38.1 Å². The minimum atomic E-state index is -0.917. The Kier molecular flexibility index (Phi) is 4.08. The number of nitrogens with two attached hydrogens (primary N) is 1. The van der Waals surface area contributed by atoms with E-state index in [1.807, 2.05) is 12.1 Å². The lowest BCUT2D eigenvalue weighted by Gasteiger charge is -2.08. The van der Waals surface area contributed by atoms with Crippen LogP contribution in [0.4, 0.5) is 4.39 Å². The maximum atomic E-state index is 13.0. The van der Waals surface area contributed by atoms with Gasteiger partial charge in [-0.2, -0.15) is 0 Å². The molecule has 0 radical (unpaired) electrons. The molecule has 1 atom stereocenters. The predicted octanol–water partition coefficient (Wildman–Crippen LogP) is 2.65. The van der Waals surface area contributed by atoms with Crippen molar-refractivity contribution < 1.29 is 4.39 Å². The second-order valence-corrected chi connectivity index (χ2v) is 3.93. The van der Waals surface area contributed by atoms with Crippen molar-refractivity contribution in [3.05, 3.63) is 35.4 Å². The van der Waals surface area contributed by atoms with Gasteiger partial charge in [0.05, 0.1) is 0 Å². The fourth-order valence-corrected chi connectivity index (χ4v) is 1.38. The average Bonchev–Trinajstić information content (AvgIpc) is 2.18. The first-order valence-corrected chi connectivity index (χ1v) is 5.06. The van der Waals surface area contributed by atoms with Crippen LogP contribution in [-0.2, 0) is 6.42 Å². The Morgan fingerprint density at radius 2 is 1.79 bits per heavy atom. The molecule has 0 fully saturated rings. The average molecular weight is 195 g/mol. The van der Waals surface area contributed by atoms with Crippen molar-refractivity contribution in [2.75, 3.05) is 6.54 Å². The highest BCUT2D eigenvalue weighted by molar-refractivity contribution is 5.25. The topological polar surface area (TPSA) is 26.0 Å². The lowest BCUT2D eigenvalue weighted by Crippen LogP contribution is -2.17. The summed E-state index contributed by atoms with van der Waals surface area (Å²) in [6.07, 6.45) is -0.491. The van der Waals surface area contributed by atoms with Crippen LogP contribution in [0.3, 0.4) is 0 Å². The molecule has 0 bridgehead atoms. The fraction of sp³-hybridized carbons (Fsp3) is 0.500. The fourth-order valence-electron chi connectivity index (χ4n) is 1.38.